The molecule has 0 radical (unpaired) electrons. The maximum atomic E-state index is 13.6. The summed E-state index contributed by atoms with van der Waals surface area (Å²) in [6.07, 6.45) is -4.25. The molecular formula is C15H14F4N2. The van der Waals surface area contributed by atoms with Gasteiger partial charge in [0.15, 0.2) is 0 Å². The highest BCUT2D eigenvalue weighted by atomic mass is 19.4. The van der Waals surface area contributed by atoms with Crippen molar-refractivity contribution in [3.05, 3.63) is 71.0 Å². The highest BCUT2D eigenvalue weighted by Gasteiger charge is 2.34. The van der Waals surface area contributed by atoms with Crippen molar-refractivity contribution in [2.75, 3.05) is 0 Å². The minimum Gasteiger partial charge on any atom is -0.271 e. The van der Waals surface area contributed by atoms with Gasteiger partial charge in [0.2, 0.25) is 0 Å². The van der Waals surface area contributed by atoms with E-state index in [0.29, 0.717) is 12.0 Å². The van der Waals surface area contributed by atoms with Crippen LogP contribution >= 0.6 is 0 Å². The van der Waals surface area contributed by atoms with Crippen LogP contribution in [0.5, 0.6) is 0 Å². The molecular weight excluding hydrogens is 284 g/mol. The lowest BCUT2D eigenvalue weighted by atomic mass is 9.98. The summed E-state index contributed by atoms with van der Waals surface area (Å²) in [6.45, 7) is 0. The molecule has 2 rings (SSSR count). The summed E-state index contributed by atoms with van der Waals surface area (Å²) in [5.74, 6) is 4.13. The molecule has 0 aliphatic carbocycles. The Morgan fingerprint density at radius 1 is 1.05 bits per heavy atom. The summed E-state index contributed by atoms with van der Waals surface area (Å²) in [6, 6.07) is 11.6. The Morgan fingerprint density at radius 3 is 2.24 bits per heavy atom. The van der Waals surface area contributed by atoms with Crippen LogP contribution in [0.2, 0.25) is 0 Å². The first-order chi connectivity index (χ1) is 9.91. The Balaban J connectivity index is 2.25. The van der Waals surface area contributed by atoms with Crippen molar-refractivity contribution in [2.24, 2.45) is 5.84 Å². The first-order valence-electron chi connectivity index (χ1n) is 6.28. The molecule has 6 heteroatoms. The molecule has 0 saturated carbocycles. The molecule has 0 bridgehead atoms. The smallest absolute Gasteiger partial charge is 0.271 e. The SMILES string of the molecule is NNC(Cc1ccccc1)c1ccc(C(F)(F)F)c(F)c1. The lowest BCUT2D eigenvalue weighted by Crippen LogP contribution is -2.29. The van der Waals surface area contributed by atoms with E-state index in [2.05, 4.69) is 5.43 Å². The van der Waals surface area contributed by atoms with Crippen LogP contribution in [0.4, 0.5) is 17.6 Å². The van der Waals surface area contributed by atoms with Gasteiger partial charge in [-0.05, 0) is 29.7 Å². The summed E-state index contributed by atoms with van der Waals surface area (Å²) in [7, 11) is 0. The first kappa shape index (κ1) is 15.5. The third-order valence-corrected chi connectivity index (χ3v) is 3.18. The van der Waals surface area contributed by atoms with Crippen molar-refractivity contribution in [3.8, 4) is 0 Å². The second kappa shape index (κ2) is 6.24. The number of hydrogen-bond acceptors (Lipinski definition) is 2. The molecule has 2 aromatic carbocycles. The van der Waals surface area contributed by atoms with Gasteiger partial charge in [0.1, 0.15) is 5.82 Å². The van der Waals surface area contributed by atoms with Crippen molar-refractivity contribution < 1.29 is 17.6 Å². The molecule has 21 heavy (non-hydrogen) atoms. The summed E-state index contributed by atoms with van der Waals surface area (Å²) in [4.78, 5) is 0. The molecule has 0 aliphatic heterocycles. The molecule has 112 valence electrons. The molecule has 1 atom stereocenters. The quantitative estimate of drug-likeness (QED) is 0.514. The Labute approximate surface area is 119 Å². The van der Waals surface area contributed by atoms with Gasteiger partial charge in [0, 0.05) is 0 Å². The van der Waals surface area contributed by atoms with Crippen LogP contribution in [0.25, 0.3) is 0 Å². The van der Waals surface area contributed by atoms with Gasteiger partial charge in [0.25, 0.3) is 0 Å². The number of nitrogens with two attached hydrogens (primary N) is 1. The minimum atomic E-state index is -4.70. The van der Waals surface area contributed by atoms with E-state index in [0.717, 1.165) is 17.7 Å². The summed E-state index contributed by atoms with van der Waals surface area (Å²) in [5, 5.41) is 0. The highest BCUT2D eigenvalue weighted by molar-refractivity contribution is 5.30. The van der Waals surface area contributed by atoms with E-state index in [1.54, 1.807) is 0 Å². The van der Waals surface area contributed by atoms with Crippen LogP contribution in [-0.4, -0.2) is 0 Å². The molecule has 0 saturated heterocycles. The number of halogens is 4. The minimum absolute atomic E-state index is 0.367. The predicted molar refractivity (Wildman–Crippen MR) is 71.6 cm³/mol. The van der Waals surface area contributed by atoms with Crippen LogP contribution in [0.3, 0.4) is 0 Å². The average molecular weight is 298 g/mol. The topological polar surface area (TPSA) is 38.0 Å². The molecule has 0 heterocycles. The Kier molecular flexibility index (Phi) is 4.59. The monoisotopic (exact) mass is 298 g/mol. The van der Waals surface area contributed by atoms with Crippen LogP contribution in [0.15, 0.2) is 48.5 Å². The fourth-order valence-electron chi connectivity index (χ4n) is 2.10. The second-order valence-corrected chi connectivity index (χ2v) is 4.65. The fraction of sp³-hybridized carbons (Fsp3) is 0.200. The zero-order chi connectivity index (χ0) is 15.5. The average Bonchev–Trinajstić information content (AvgIpc) is 2.44. The van der Waals surface area contributed by atoms with Crippen molar-refractivity contribution in [3.63, 3.8) is 0 Å². The molecule has 1 unspecified atom stereocenters. The summed E-state index contributed by atoms with van der Waals surface area (Å²) < 4.78 is 51.2. The summed E-state index contributed by atoms with van der Waals surface area (Å²) >= 11 is 0. The third-order valence-electron chi connectivity index (χ3n) is 3.18. The normalized spacial score (nSPS) is 13.2. The Morgan fingerprint density at radius 2 is 1.71 bits per heavy atom. The zero-order valence-electron chi connectivity index (χ0n) is 11.0. The van der Waals surface area contributed by atoms with Crippen LogP contribution in [0.1, 0.15) is 22.7 Å². The number of hydrazine groups is 1. The van der Waals surface area contributed by atoms with E-state index in [1.807, 2.05) is 30.3 Å². The molecule has 0 aromatic heterocycles. The second-order valence-electron chi connectivity index (χ2n) is 4.65. The van der Waals surface area contributed by atoms with Gasteiger partial charge in [-0.25, -0.2) is 4.39 Å². The third kappa shape index (κ3) is 3.80. The fourth-order valence-corrected chi connectivity index (χ4v) is 2.10. The maximum absolute atomic E-state index is 13.6. The van der Waals surface area contributed by atoms with Gasteiger partial charge in [-0.1, -0.05) is 36.4 Å². The molecule has 0 fully saturated rings. The lowest BCUT2D eigenvalue weighted by Gasteiger charge is -2.18. The maximum Gasteiger partial charge on any atom is 0.419 e. The van der Waals surface area contributed by atoms with Crippen molar-refractivity contribution in [2.45, 2.75) is 18.6 Å². The number of nitrogens with one attached hydrogen (secondary N) is 1. The van der Waals surface area contributed by atoms with Crippen molar-refractivity contribution in [1.29, 1.82) is 0 Å². The van der Waals surface area contributed by atoms with Gasteiger partial charge < -0.3 is 0 Å². The van der Waals surface area contributed by atoms with E-state index in [-0.39, 0.29) is 0 Å². The Hall–Kier alpha value is -1.92. The molecule has 0 spiro atoms. The number of alkyl halides is 3. The lowest BCUT2D eigenvalue weighted by molar-refractivity contribution is -0.140. The Bertz CT molecular complexity index is 596. The van der Waals surface area contributed by atoms with E-state index >= 15 is 0 Å². The van der Waals surface area contributed by atoms with Crippen LogP contribution in [-0.2, 0) is 12.6 Å². The van der Waals surface area contributed by atoms with Gasteiger partial charge >= 0.3 is 6.18 Å². The largest absolute Gasteiger partial charge is 0.419 e. The molecule has 0 aliphatic rings. The summed E-state index contributed by atoms with van der Waals surface area (Å²) in [5.41, 5.74) is 2.54. The van der Waals surface area contributed by atoms with E-state index in [4.69, 9.17) is 5.84 Å². The zero-order valence-corrected chi connectivity index (χ0v) is 11.0. The molecule has 2 nitrogen and oxygen atoms in total. The van der Waals surface area contributed by atoms with Crippen LogP contribution < -0.4 is 11.3 Å². The number of rotatable bonds is 4. The molecule has 3 N–H and O–H groups in total. The highest BCUT2D eigenvalue weighted by Crippen LogP contribution is 2.32. The van der Waals surface area contributed by atoms with E-state index < -0.39 is 23.6 Å². The van der Waals surface area contributed by atoms with E-state index in [1.165, 1.54) is 6.07 Å². The number of benzene rings is 2. The standard InChI is InChI=1S/C15H14F4N2/c16-13-9-11(6-7-12(13)15(17,18)19)14(21-20)8-10-4-2-1-3-5-10/h1-7,9,14,21H,8,20H2. The van der Waals surface area contributed by atoms with Gasteiger partial charge in [-0.3, -0.25) is 11.3 Å². The first-order valence-corrected chi connectivity index (χ1v) is 6.28. The van der Waals surface area contributed by atoms with E-state index in [9.17, 15) is 17.6 Å². The van der Waals surface area contributed by atoms with Crippen molar-refractivity contribution >= 4 is 0 Å². The van der Waals surface area contributed by atoms with Gasteiger partial charge in [0.05, 0.1) is 11.6 Å². The number of hydrogen-bond donors (Lipinski definition) is 2. The van der Waals surface area contributed by atoms with Crippen LogP contribution in [0, 0.1) is 5.82 Å². The van der Waals surface area contributed by atoms with Gasteiger partial charge in [-0.2, -0.15) is 13.2 Å². The van der Waals surface area contributed by atoms with Crippen molar-refractivity contribution in [1.82, 2.24) is 5.43 Å². The predicted octanol–water partition coefficient (Wildman–Crippen LogP) is 3.59. The molecule has 2 aromatic rings. The van der Waals surface area contributed by atoms with Gasteiger partial charge in [-0.15, -0.1) is 0 Å². The molecule has 0 amide bonds.